The van der Waals surface area contributed by atoms with Crippen LogP contribution in [0.4, 0.5) is 5.82 Å². The summed E-state index contributed by atoms with van der Waals surface area (Å²) in [4.78, 5) is 4.15. The summed E-state index contributed by atoms with van der Waals surface area (Å²) in [7, 11) is 0. The van der Waals surface area contributed by atoms with Gasteiger partial charge in [0.1, 0.15) is 5.82 Å². The maximum absolute atomic E-state index is 5.62. The first-order valence-electron chi connectivity index (χ1n) is 7.15. The normalized spacial score (nSPS) is 16.4. The standard InChI is InChI=1S/C17H20N2/c18-17-11-10-16(12-19-17)15-8-6-14(7-9-15)13-4-2-1-3-5-13/h6-13H,1-5H2,(H2,18,19). The molecule has 1 heterocycles. The number of nitrogen functional groups attached to an aromatic ring is 1. The van der Waals surface area contributed by atoms with Crippen LogP contribution in [-0.4, -0.2) is 4.98 Å². The fourth-order valence-electron chi connectivity index (χ4n) is 2.96. The van der Waals surface area contributed by atoms with Gasteiger partial charge in [0.2, 0.25) is 0 Å². The molecule has 1 saturated carbocycles. The lowest BCUT2D eigenvalue weighted by Crippen LogP contribution is -2.04. The SMILES string of the molecule is Nc1ccc(-c2ccc(C3CCCCC3)cc2)cn1. The van der Waals surface area contributed by atoms with Crippen LogP contribution in [0.15, 0.2) is 42.6 Å². The Balaban J connectivity index is 1.80. The zero-order valence-electron chi connectivity index (χ0n) is 11.2. The number of pyridine rings is 1. The first-order chi connectivity index (χ1) is 9.33. The number of hydrogen-bond donors (Lipinski definition) is 1. The van der Waals surface area contributed by atoms with E-state index < -0.39 is 0 Å². The summed E-state index contributed by atoms with van der Waals surface area (Å²) in [5, 5.41) is 0. The van der Waals surface area contributed by atoms with Crippen molar-refractivity contribution in [3.8, 4) is 11.1 Å². The maximum Gasteiger partial charge on any atom is 0.123 e. The molecule has 0 saturated heterocycles. The van der Waals surface area contributed by atoms with Gasteiger partial charge in [-0.1, -0.05) is 43.5 Å². The van der Waals surface area contributed by atoms with E-state index in [1.54, 1.807) is 0 Å². The van der Waals surface area contributed by atoms with Crippen LogP contribution < -0.4 is 5.73 Å². The van der Waals surface area contributed by atoms with Crippen LogP contribution >= 0.6 is 0 Å². The molecule has 0 amide bonds. The smallest absolute Gasteiger partial charge is 0.123 e. The highest BCUT2D eigenvalue weighted by atomic mass is 14.8. The second-order valence-electron chi connectivity index (χ2n) is 5.43. The zero-order valence-corrected chi connectivity index (χ0v) is 11.2. The van der Waals surface area contributed by atoms with Gasteiger partial charge in [-0.05, 0) is 42.0 Å². The molecule has 0 radical (unpaired) electrons. The number of rotatable bonds is 2. The molecule has 2 aromatic rings. The molecule has 1 fully saturated rings. The zero-order chi connectivity index (χ0) is 13.1. The van der Waals surface area contributed by atoms with Crippen molar-refractivity contribution in [2.75, 3.05) is 5.73 Å². The van der Waals surface area contributed by atoms with Gasteiger partial charge in [-0.2, -0.15) is 0 Å². The van der Waals surface area contributed by atoms with Gasteiger partial charge < -0.3 is 5.73 Å². The topological polar surface area (TPSA) is 38.9 Å². The Kier molecular flexibility index (Phi) is 3.49. The summed E-state index contributed by atoms with van der Waals surface area (Å²) in [6, 6.07) is 12.8. The van der Waals surface area contributed by atoms with Crippen molar-refractivity contribution in [1.82, 2.24) is 4.98 Å². The van der Waals surface area contributed by atoms with Crippen LogP contribution in [-0.2, 0) is 0 Å². The minimum absolute atomic E-state index is 0.572. The average molecular weight is 252 g/mol. The Bertz CT molecular complexity index is 522. The molecule has 2 nitrogen and oxygen atoms in total. The van der Waals surface area contributed by atoms with E-state index in [1.165, 1.54) is 43.2 Å². The summed E-state index contributed by atoms with van der Waals surface area (Å²) in [5.74, 6) is 1.34. The molecule has 0 atom stereocenters. The van der Waals surface area contributed by atoms with Crippen molar-refractivity contribution in [1.29, 1.82) is 0 Å². The van der Waals surface area contributed by atoms with Crippen molar-refractivity contribution in [3.63, 3.8) is 0 Å². The van der Waals surface area contributed by atoms with E-state index in [4.69, 9.17) is 5.73 Å². The molecule has 2 heteroatoms. The van der Waals surface area contributed by atoms with Crippen LogP contribution in [0.1, 0.15) is 43.6 Å². The molecule has 1 aliphatic rings. The third-order valence-electron chi connectivity index (χ3n) is 4.11. The highest BCUT2D eigenvalue weighted by Gasteiger charge is 2.15. The lowest BCUT2D eigenvalue weighted by Gasteiger charge is -2.22. The fourth-order valence-corrected chi connectivity index (χ4v) is 2.96. The van der Waals surface area contributed by atoms with Gasteiger partial charge in [0, 0.05) is 11.8 Å². The van der Waals surface area contributed by atoms with Crippen LogP contribution in [0.3, 0.4) is 0 Å². The maximum atomic E-state index is 5.62. The van der Waals surface area contributed by atoms with Gasteiger partial charge in [-0.25, -0.2) is 4.98 Å². The molecule has 98 valence electrons. The minimum atomic E-state index is 0.572. The van der Waals surface area contributed by atoms with Crippen LogP contribution in [0.5, 0.6) is 0 Å². The molecule has 2 N–H and O–H groups in total. The minimum Gasteiger partial charge on any atom is -0.384 e. The molecule has 1 aromatic carbocycles. The molecular weight excluding hydrogens is 232 g/mol. The molecule has 0 aliphatic heterocycles. The van der Waals surface area contributed by atoms with E-state index in [1.807, 2.05) is 18.3 Å². The summed E-state index contributed by atoms with van der Waals surface area (Å²) in [6.45, 7) is 0. The van der Waals surface area contributed by atoms with Crippen LogP contribution in [0.25, 0.3) is 11.1 Å². The van der Waals surface area contributed by atoms with E-state index in [2.05, 4.69) is 29.2 Å². The van der Waals surface area contributed by atoms with Gasteiger partial charge in [0.25, 0.3) is 0 Å². The number of benzene rings is 1. The number of aromatic nitrogens is 1. The molecule has 0 spiro atoms. The second kappa shape index (κ2) is 5.43. The lowest BCUT2D eigenvalue weighted by atomic mass is 9.84. The quantitative estimate of drug-likeness (QED) is 0.861. The Morgan fingerprint density at radius 3 is 2.16 bits per heavy atom. The Labute approximate surface area is 114 Å². The summed E-state index contributed by atoms with van der Waals surface area (Å²) >= 11 is 0. The second-order valence-corrected chi connectivity index (χ2v) is 5.43. The van der Waals surface area contributed by atoms with Crippen molar-refractivity contribution in [2.24, 2.45) is 0 Å². The summed E-state index contributed by atoms with van der Waals surface area (Å²) < 4.78 is 0. The number of nitrogens with zero attached hydrogens (tertiary/aromatic N) is 1. The predicted octanol–water partition coefficient (Wildman–Crippen LogP) is 4.38. The van der Waals surface area contributed by atoms with Crippen molar-refractivity contribution in [3.05, 3.63) is 48.2 Å². The monoisotopic (exact) mass is 252 g/mol. The predicted molar refractivity (Wildman–Crippen MR) is 79.9 cm³/mol. The first kappa shape index (κ1) is 12.2. The van der Waals surface area contributed by atoms with Gasteiger partial charge in [0.15, 0.2) is 0 Å². The largest absolute Gasteiger partial charge is 0.384 e. The summed E-state index contributed by atoms with van der Waals surface area (Å²) in [5.41, 5.74) is 9.45. The lowest BCUT2D eigenvalue weighted by molar-refractivity contribution is 0.443. The third kappa shape index (κ3) is 2.78. The van der Waals surface area contributed by atoms with Gasteiger partial charge in [-0.3, -0.25) is 0 Å². The van der Waals surface area contributed by atoms with E-state index in [-0.39, 0.29) is 0 Å². The van der Waals surface area contributed by atoms with E-state index in [9.17, 15) is 0 Å². The van der Waals surface area contributed by atoms with Gasteiger partial charge >= 0.3 is 0 Å². The highest BCUT2D eigenvalue weighted by molar-refractivity contribution is 5.63. The van der Waals surface area contributed by atoms with Crippen LogP contribution in [0.2, 0.25) is 0 Å². The van der Waals surface area contributed by atoms with E-state index >= 15 is 0 Å². The summed E-state index contributed by atoms with van der Waals surface area (Å²) in [6.07, 6.45) is 8.71. The van der Waals surface area contributed by atoms with Crippen molar-refractivity contribution >= 4 is 5.82 Å². The molecule has 1 aliphatic carbocycles. The molecule has 3 rings (SSSR count). The number of anilines is 1. The third-order valence-corrected chi connectivity index (χ3v) is 4.11. The van der Waals surface area contributed by atoms with Gasteiger partial charge in [-0.15, -0.1) is 0 Å². The van der Waals surface area contributed by atoms with Crippen molar-refractivity contribution in [2.45, 2.75) is 38.0 Å². The Hall–Kier alpha value is -1.83. The van der Waals surface area contributed by atoms with Crippen LogP contribution in [0, 0.1) is 0 Å². The number of nitrogens with two attached hydrogens (primary N) is 1. The number of hydrogen-bond acceptors (Lipinski definition) is 2. The average Bonchev–Trinajstić information content (AvgIpc) is 2.49. The Morgan fingerprint density at radius 1 is 0.842 bits per heavy atom. The fraction of sp³-hybridized carbons (Fsp3) is 0.353. The highest BCUT2D eigenvalue weighted by Crippen LogP contribution is 2.33. The molecule has 1 aromatic heterocycles. The van der Waals surface area contributed by atoms with Crippen molar-refractivity contribution < 1.29 is 0 Å². The van der Waals surface area contributed by atoms with E-state index in [0.717, 1.165) is 11.5 Å². The Morgan fingerprint density at radius 2 is 1.53 bits per heavy atom. The van der Waals surface area contributed by atoms with Gasteiger partial charge in [0.05, 0.1) is 0 Å². The molecule has 19 heavy (non-hydrogen) atoms. The van der Waals surface area contributed by atoms with E-state index in [0.29, 0.717) is 5.82 Å². The molecule has 0 unspecified atom stereocenters. The first-order valence-corrected chi connectivity index (χ1v) is 7.15. The molecule has 0 bridgehead atoms. The molecular formula is C17H20N2.